The summed E-state index contributed by atoms with van der Waals surface area (Å²) in [6, 6.07) is 1.81. The number of pyridine rings is 1. The number of anilines is 1. The van der Waals surface area contributed by atoms with Crippen LogP contribution in [0.25, 0.3) is 0 Å². The van der Waals surface area contributed by atoms with Gasteiger partial charge in [-0.2, -0.15) is 0 Å². The molecule has 0 aromatic carbocycles. The average Bonchev–Trinajstić information content (AvgIpc) is 2.58. The van der Waals surface area contributed by atoms with Gasteiger partial charge in [-0.05, 0) is 29.2 Å². The van der Waals surface area contributed by atoms with Crippen LogP contribution in [0.1, 0.15) is 16.7 Å². The highest BCUT2D eigenvalue weighted by molar-refractivity contribution is 5.36. The number of nitrogens with zero attached hydrogens (tertiary/aromatic N) is 4. The molecule has 6 nitrogen and oxygen atoms in total. The predicted octanol–water partition coefficient (Wildman–Crippen LogP) is 1.49. The quantitative estimate of drug-likeness (QED) is 0.872. The molecule has 22 heavy (non-hydrogen) atoms. The fraction of sp³-hybridized carbons (Fsp3) is 0.438. The second-order valence-corrected chi connectivity index (χ2v) is 5.38. The second kappa shape index (κ2) is 7.29. The Kier molecular flexibility index (Phi) is 4.92. The number of hydrogen-bond donors (Lipinski definition) is 1. The van der Waals surface area contributed by atoms with Gasteiger partial charge in [0.05, 0.1) is 6.61 Å². The number of hydrogen-bond acceptors (Lipinski definition) is 6. The van der Waals surface area contributed by atoms with E-state index in [2.05, 4.69) is 25.2 Å². The minimum atomic E-state index is 0.651. The maximum Gasteiger partial charge on any atom is 0.222 e. The maximum atomic E-state index is 5.16. The van der Waals surface area contributed by atoms with Crippen LogP contribution in [0.2, 0.25) is 0 Å². The largest absolute Gasteiger partial charge is 0.383 e. The summed E-state index contributed by atoms with van der Waals surface area (Å²) in [5.74, 6) is 0.651. The molecule has 0 saturated carbocycles. The lowest BCUT2D eigenvalue weighted by Crippen LogP contribution is -2.33. The van der Waals surface area contributed by atoms with E-state index in [1.807, 2.05) is 18.5 Å². The van der Waals surface area contributed by atoms with Crippen LogP contribution in [0.15, 0.2) is 30.9 Å². The monoisotopic (exact) mass is 299 g/mol. The first-order valence-electron chi connectivity index (χ1n) is 7.53. The Labute approximate surface area is 130 Å². The van der Waals surface area contributed by atoms with Gasteiger partial charge in [0.1, 0.15) is 0 Å². The standard InChI is InChI=1S/C16H21N5O/c1-22-8-7-21-6-3-15-13(9-17-10-14(15)12-21)11-20-16-18-4-2-5-19-16/h2,4-5,9-10H,3,6-8,11-12H2,1H3,(H,18,19,20). The zero-order valence-electron chi connectivity index (χ0n) is 12.8. The smallest absolute Gasteiger partial charge is 0.222 e. The first kappa shape index (κ1) is 14.9. The van der Waals surface area contributed by atoms with Crippen LogP contribution in [0.5, 0.6) is 0 Å². The first-order chi connectivity index (χ1) is 10.9. The molecule has 0 unspecified atom stereocenters. The summed E-state index contributed by atoms with van der Waals surface area (Å²) in [7, 11) is 1.74. The molecule has 1 aliphatic heterocycles. The highest BCUT2D eigenvalue weighted by Crippen LogP contribution is 2.21. The van der Waals surface area contributed by atoms with Crippen LogP contribution in [0, 0.1) is 0 Å². The van der Waals surface area contributed by atoms with Crippen LogP contribution >= 0.6 is 0 Å². The third-order valence-electron chi connectivity index (χ3n) is 3.92. The van der Waals surface area contributed by atoms with E-state index in [9.17, 15) is 0 Å². The molecule has 3 heterocycles. The number of nitrogens with one attached hydrogen (secondary N) is 1. The van der Waals surface area contributed by atoms with Crippen LogP contribution in [-0.4, -0.2) is 46.7 Å². The van der Waals surface area contributed by atoms with E-state index in [4.69, 9.17) is 4.74 Å². The number of rotatable bonds is 6. The SMILES string of the molecule is COCCN1CCc2c(CNc3ncccn3)cncc2C1. The summed E-state index contributed by atoms with van der Waals surface area (Å²) in [5, 5.41) is 3.26. The van der Waals surface area contributed by atoms with E-state index in [-0.39, 0.29) is 0 Å². The lowest BCUT2D eigenvalue weighted by molar-refractivity contribution is 0.140. The van der Waals surface area contributed by atoms with Crippen molar-refractivity contribution in [3.05, 3.63) is 47.5 Å². The van der Waals surface area contributed by atoms with E-state index in [0.29, 0.717) is 12.5 Å². The Bertz CT molecular complexity index is 605. The zero-order valence-corrected chi connectivity index (χ0v) is 12.8. The van der Waals surface area contributed by atoms with Crippen molar-refractivity contribution in [2.24, 2.45) is 0 Å². The molecular weight excluding hydrogens is 278 g/mol. The number of aromatic nitrogens is 3. The Morgan fingerprint density at radius 1 is 1.27 bits per heavy atom. The average molecular weight is 299 g/mol. The molecule has 0 amide bonds. The molecule has 2 aromatic heterocycles. The molecule has 0 saturated heterocycles. The fourth-order valence-electron chi connectivity index (χ4n) is 2.75. The third-order valence-corrected chi connectivity index (χ3v) is 3.92. The van der Waals surface area contributed by atoms with Crippen molar-refractivity contribution in [3.8, 4) is 0 Å². The first-order valence-corrected chi connectivity index (χ1v) is 7.53. The molecule has 6 heteroatoms. The number of ether oxygens (including phenoxy) is 1. The Balaban J connectivity index is 1.67. The lowest BCUT2D eigenvalue weighted by atomic mass is 9.97. The lowest BCUT2D eigenvalue weighted by Gasteiger charge is -2.29. The van der Waals surface area contributed by atoms with Crippen LogP contribution < -0.4 is 5.32 Å². The molecule has 0 radical (unpaired) electrons. The fourth-order valence-corrected chi connectivity index (χ4v) is 2.75. The van der Waals surface area contributed by atoms with Gasteiger partial charge in [0.25, 0.3) is 0 Å². The summed E-state index contributed by atoms with van der Waals surface area (Å²) >= 11 is 0. The highest BCUT2D eigenvalue weighted by Gasteiger charge is 2.18. The number of methoxy groups -OCH3 is 1. The summed E-state index contributed by atoms with van der Waals surface area (Å²) in [6.45, 7) is 4.46. The Hall–Kier alpha value is -2.05. The topological polar surface area (TPSA) is 63.2 Å². The molecule has 3 rings (SSSR count). The van der Waals surface area contributed by atoms with Crippen molar-refractivity contribution >= 4 is 5.95 Å². The maximum absolute atomic E-state index is 5.16. The normalized spacial score (nSPS) is 14.6. The van der Waals surface area contributed by atoms with E-state index in [0.717, 1.165) is 32.7 Å². The van der Waals surface area contributed by atoms with E-state index in [1.54, 1.807) is 19.5 Å². The summed E-state index contributed by atoms with van der Waals surface area (Å²) in [6.07, 6.45) is 8.45. The predicted molar refractivity (Wildman–Crippen MR) is 84.5 cm³/mol. The molecule has 1 N–H and O–H groups in total. The molecule has 0 atom stereocenters. The molecule has 0 aliphatic carbocycles. The Morgan fingerprint density at radius 3 is 2.95 bits per heavy atom. The molecular formula is C16H21N5O. The van der Waals surface area contributed by atoms with Gasteiger partial charge in [-0.25, -0.2) is 9.97 Å². The van der Waals surface area contributed by atoms with Gasteiger partial charge in [-0.15, -0.1) is 0 Å². The van der Waals surface area contributed by atoms with Crippen molar-refractivity contribution in [3.63, 3.8) is 0 Å². The summed E-state index contributed by atoms with van der Waals surface area (Å²) in [5.41, 5.74) is 3.96. The molecule has 116 valence electrons. The molecule has 2 aromatic rings. The van der Waals surface area contributed by atoms with E-state index >= 15 is 0 Å². The van der Waals surface area contributed by atoms with Crippen molar-refractivity contribution in [1.29, 1.82) is 0 Å². The van der Waals surface area contributed by atoms with Crippen LogP contribution in [0.4, 0.5) is 5.95 Å². The van der Waals surface area contributed by atoms with Gasteiger partial charge >= 0.3 is 0 Å². The van der Waals surface area contributed by atoms with E-state index in [1.165, 1.54) is 16.7 Å². The molecule has 0 spiro atoms. The summed E-state index contributed by atoms with van der Waals surface area (Å²) in [4.78, 5) is 15.2. The molecule has 1 aliphatic rings. The van der Waals surface area contributed by atoms with Gasteiger partial charge < -0.3 is 10.1 Å². The highest BCUT2D eigenvalue weighted by atomic mass is 16.5. The van der Waals surface area contributed by atoms with Crippen LogP contribution in [0.3, 0.4) is 0 Å². The number of fused-ring (bicyclic) bond motifs is 1. The minimum Gasteiger partial charge on any atom is -0.383 e. The molecule has 0 bridgehead atoms. The van der Waals surface area contributed by atoms with Crippen LogP contribution in [-0.2, 0) is 24.2 Å². The van der Waals surface area contributed by atoms with Crippen molar-refractivity contribution in [1.82, 2.24) is 19.9 Å². The molecule has 0 fully saturated rings. The van der Waals surface area contributed by atoms with Gasteiger partial charge in [0.2, 0.25) is 5.95 Å². The van der Waals surface area contributed by atoms with Crippen molar-refractivity contribution < 1.29 is 4.74 Å². The van der Waals surface area contributed by atoms with Crippen molar-refractivity contribution in [2.45, 2.75) is 19.5 Å². The second-order valence-electron chi connectivity index (χ2n) is 5.38. The van der Waals surface area contributed by atoms with E-state index < -0.39 is 0 Å². The minimum absolute atomic E-state index is 0.651. The van der Waals surface area contributed by atoms with Gasteiger partial charge in [0, 0.05) is 58.1 Å². The van der Waals surface area contributed by atoms with Crippen molar-refractivity contribution in [2.75, 3.05) is 32.1 Å². The summed E-state index contributed by atoms with van der Waals surface area (Å²) < 4.78 is 5.16. The third kappa shape index (κ3) is 3.58. The van der Waals surface area contributed by atoms with Gasteiger partial charge in [-0.3, -0.25) is 9.88 Å². The Morgan fingerprint density at radius 2 is 2.14 bits per heavy atom. The van der Waals surface area contributed by atoms with Gasteiger partial charge in [0.15, 0.2) is 0 Å². The zero-order chi connectivity index (χ0) is 15.2. The van der Waals surface area contributed by atoms with Gasteiger partial charge in [-0.1, -0.05) is 0 Å².